The van der Waals surface area contributed by atoms with Crippen LogP contribution in [0.5, 0.6) is 11.5 Å². The first-order chi connectivity index (χ1) is 12.8. The normalized spacial score (nSPS) is 10.2. The molecule has 4 nitrogen and oxygen atoms in total. The molecule has 0 saturated heterocycles. The highest BCUT2D eigenvalue weighted by atomic mass is 16.5. The number of benzene rings is 3. The number of hydrogen-bond acceptors (Lipinski definition) is 3. The summed E-state index contributed by atoms with van der Waals surface area (Å²) in [6.07, 6.45) is 0. The molecule has 0 spiro atoms. The number of carbonyl (C=O) groups is 1. The average Bonchev–Trinajstić information content (AvgIpc) is 2.68. The van der Waals surface area contributed by atoms with Crippen LogP contribution in [-0.2, 0) is 6.61 Å². The molecule has 0 fully saturated rings. The van der Waals surface area contributed by atoms with Crippen molar-refractivity contribution in [3.05, 3.63) is 90.0 Å². The first-order valence-corrected chi connectivity index (χ1v) is 8.56. The van der Waals surface area contributed by atoms with Crippen molar-refractivity contribution < 1.29 is 14.3 Å². The lowest BCUT2D eigenvalue weighted by Gasteiger charge is -2.13. The molecule has 0 aliphatic rings. The van der Waals surface area contributed by atoms with E-state index in [9.17, 15) is 4.79 Å². The van der Waals surface area contributed by atoms with E-state index in [0.717, 1.165) is 5.56 Å². The number of anilines is 1. The fourth-order valence-corrected chi connectivity index (χ4v) is 2.52. The van der Waals surface area contributed by atoms with Gasteiger partial charge in [-0.1, -0.05) is 48.5 Å². The van der Waals surface area contributed by atoms with E-state index in [-0.39, 0.29) is 5.91 Å². The molecule has 0 aliphatic heterocycles. The van der Waals surface area contributed by atoms with Crippen LogP contribution in [0, 0.1) is 0 Å². The third-order valence-corrected chi connectivity index (χ3v) is 3.78. The molecule has 3 rings (SSSR count). The Hall–Kier alpha value is -3.27. The molecule has 26 heavy (non-hydrogen) atoms. The Morgan fingerprint density at radius 3 is 2.46 bits per heavy atom. The van der Waals surface area contributed by atoms with Crippen molar-refractivity contribution in [2.24, 2.45) is 0 Å². The Bertz CT molecular complexity index is 862. The topological polar surface area (TPSA) is 47.6 Å². The summed E-state index contributed by atoms with van der Waals surface area (Å²) in [4.78, 5) is 12.6. The van der Waals surface area contributed by atoms with Crippen molar-refractivity contribution >= 4 is 11.6 Å². The Kier molecular flexibility index (Phi) is 5.88. The first-order valence-electron chi connectivity index (χ1n) is 8.56. The fraction of sp³-hybridized carbons (Fsp3) is 0.136. The predicted octanol–water partition coefficient (Wildman–Crippen LogP) is 4.92. The zero-order valence-corrected chi connectivity index (χ0v) is 14.6. The Balaban J connectivity index is 1.71. The molecule has 3 aromatic rings. The summed E-state index contributed by atoms with van der Waals surface area (Å²) in [7, 11) is 0. The van der Waals surface area contributed by atoms with Crippen LogP contribution in [0.4, 0.5) is 5.69 Å². The van der Waals surface area contributed by atoms with Gasteiger partial charge >= 0.3 is 0 Å². The molecule has 0 unspecified atom stereocenters. The van der Waals surface area contributed by atoms with Crippen LogP contribution in [0.25, 0.3) is 0 Å². The second-order valence-electron chi connectivity index (χ2n) is 5.69. The van der Waals surface area contributed by atoms with Gasteiger partial charge in [0.05, 0.1) is 12.3 Å². The van der Waals surface area contributed by atoms with E-state index in [0.29, 0.717) is 36.0 Å². The van der Waals surface area contributed by atoms with Gasteiger partial charge in [-0.15, -0.1) is 0 Å². The lowest BCUT2D eigenvalue weighted by Crippen LogP contribution is -2.13. The number of ether oxygens (including phenoxy) is 2. The quantitative estimate of drug-likeness (QED) is 0.660. The van der Waals surface area contributed by atoms with Gasteiger partial charge in [0.15, 0.2) is 0 Å². The van der Waals surface area contributed by atoms with Crippen LogP contribution in [0.1, 0.15) is 22.8 Å². The molecule has 0 heterocycles. The molecule has 0 aromatic heterocycles. The molecule has 1 amide bonds. The second-order valence-corrected chi connectivity index (χ2v) is 5.69. The number of amides is 1. The first kappa shape index (κ1) is 17.5. The number of nitrogens with one attached hydrogen (secondary N) is 1. The maximum absolute atomic E-state index is 12.6. The summed E-state index contributed by atoms with van der Waals surface area (Å²) in [5, 5.41) is 2.91. The van der Waals surface area contributed by atoms with E-state index in [4.69, 9.17) is 9.47 Å². The third kappa shape index (κ3) is 4.63. The maximum atomic E-state index is 12.6. The van der Waals surface area contributed by atoms with Gasteiger partial charge in [-0.3, -0.25) is 4.79 Å². The summed E-state index contributed by atoms with van der Waals surface area (Å²) < 4.78 is 11.3. The highest BCUT2D eigenvalue weighted by molar-refractivity contribution is 6.05. The van der Waals surface area contributed by atoms with Crippen molar-refractivity contribution in [3.63, 3.8) is 0 Å². The summed E-state index contributed by atoms with van der Waals surface area (Å²) in [5.41, 5.74) is 2.24. The molecule has 0 bridgehead atoms. The van der Waals surface area contributed by atoms with E-state index < -0.39 is 0 Å². The van der Waals surface area contributed by atoms with Crippen LogP contribution in [0.2, 0.25) is 0 Å². The van der Waals surface area contributed by atoms with Crippen molar-refractivity contribution in [2.75, 3.05) is 11.9 Å². The Morgan fingerprint density at radius 2 is 1.65 bits per heavy atom. The van der Waals surface area contributed by atoms with Gasteiger partial charge in [-0.05, 0) is 42.8 Å². The van der Waals surface area contributed by atoms with Crippen LogP contribution < -0.4 is 14.8 Å². The zero-order valence-electron chi connectivity index (χ0n) is 14.6. The summed E-state index contributed by atoms with van der Waals surface area (Å²) in [6.45, 7) is 2.90. The number of rotatable bonds is 7. The zero-order chi connectivity index (χ0) is 18.2. The highest BCUT2D eigenvalue weighted by Gasteiger charge is 2.11. The lowest BCUT2D eigenvalue weighted by molar-refractivity contribution is 0.102. The van der Waals surface area contributed by atoms with Crippen molar-refractivity contribution in [1.82, 2.24) is 0 Å². The Labute approximate surface area is 153 Å². The number of carbonyl (C=O) groups excluding carboxylic acids is 1. The van der Waals surface area contributed by atoms with Crippen LogP contribution in [0.3, 0.4) is 0 Å². The van der Waals surface area contributed by atoms with Crippen LogP contribution >= 0.6 is 0 Å². The van der Waals surface area contributed by atoms with E-state index in [1.807, 2.05) is 67.6 Å². The minimum atomic E-state index is -0.206. The SMILES string of the molecule is CCOc1cccc(C(=O)Nc2ccccc2OCc2ccccc2)c1. The molecule has 132 valence electrons. The van der Waals surface area contributed by atoms with Crippen molar-refractivity contribution in [3.8, 4) is 11.5 Å². The molecule has 0 saturated carbocycles. The van der Waals surface area contributed by atoms with Gasteiger partial charge in [0, 0.05) is 5.56 Å². The average molecular weight is 347 g/mol. The van der Waals surface area contributed by atoms with E-state index in [1.165, 1.54) is 0 Å². The minimum absolute atomic E-state index is 0.206. The molecule has 1 N–H and O–H groups in total. The highest BCUT2D eigenvalue weighted by Crippen LogP contribution is 2.26. The number of para-hydroxylation sites is 2. The van der Waals surface area contributed by atoms with Crippen LogP contribution in [-0.4, -0.2) is 12.5 Å². The maximum Gasteiger partial charge on any atom is 0.255 e. The van der Waals surface area contributed by atoms with Crippen LogP contribution in [0.15, 0.2) is 78.9 Å². The van der Waals surface area contributed by atoms with E-state index in [2.05, 4.69) is 5.32 Å². The van der Waals surface area contributed by atoms with Gasteiger partial charge in [-0.25, -0.2) is 0 Å². The smallest absolute Gasteiger partial charge is 0.255 e. The van der Waals surface area contributed by atoms with E-state index in [1.54, 1.807) is 18.2 Å². The summed E-state index contributed by atoms with van der Waals surface area (Å²) >= 11 is 0. The van der Waals surface area contributed by atoms with Crippen molar-refractivity contribution in [2.45, 2.75) is 13.5 Å². The standard InChI is InChI=1S/C22H21NO3/c1-2-25-19-12-8-11-18(15-19)22(24)23-20-13-6-7-14-21(20)26-16-17-9-4-3-5-10-17/h3-15H,2,16H2,1H3,(H,23,24). The van der Waals surface area contributed by atoms with Gasteiger partial charge in [0.2, 0.25) is 0 Å². The molecule has 0 aliphatic carbocycles. The van der Waals surface area contributed by atoms with Gasteiger partial charge < -0.3 is 14.8 Å². The second kappa shape index (κ2) is 8.72. The molecule has 4 heteroatoms. The summed E-state index contributed by atoms with van der Waals surface area (Å²) in [6, 6.07) is 24.4. The minimum Gasteiger partial charge on any atom is -0.494 e. The number of hydrogen-bond donors (Lipinski definition) is 1. The third-order valence-electron chi connectivity index (χ3n) is 3.78. The molecule has 0 atom stereocenters. The molecule has 3 aromatic carbocycles. The van der Waals surface area contributed by atoms with Gasteiger partial charge in [0.25, 0.3) is 5.91 Å². The molecular weight excluding hydrogens is 326 g/mol. The molecule has 0 radical (unpaired) electrons. The van der Waals surface area contributed by atoms with Gasteiger partial charge in [-0.2, -0.15) is 0 Å². The van der Waals surface area contributed by atoms with E-state index >= 15 is 0 Å². The predicted molar refractivity (Wildman–Crippen MR) is 103 cm³/mol. The summed E-state index contributed by atoms with van der Waals surface area (Å²) in [5.74, 6) is 1.10. The molecular formula is C22H21NO3. The van der Waals surface area contributed by atoms with Crippen molar-refractivity contribution in [1.29, 1.82) is 0 Å². The Morgan fingerprint density at radius 1 is 0.885 bits per heavy atom. The van der Waals surface area contributed by atoms with Gasteiger partial charge in [0.1, 0.15) is 18.1 Å². The lowest BCUT2D eigenvalue weighted by atomic mass is 10.2. The largest absolute Gasteiger partial charge is 0.494 e. The monoisotopic (exact) mass is 347 g/mol. The fourth-order valence-electron chi connectivity index (χ4n) is 2.52.